The minimum absolute atomic E-state index is 0.0821. The number of nitrogens with one attached hydrogen (secondary N) is 2. The quantitative estimate of drug-likeness (QED) is 0.390. The number of hydrogen-bond donors (Lipinski definition) is 3. The van der Waals surface area contributed by atoms with Gasteiger partial charge in [0, 0.05) is 18.4 Å². The van der Waals surface area contributed by atoms with Gasteiger partial charge in [-0.05, 0) is 6.92 Å². The topological polar surface area (TPSA) is 50.1 Å². The highest BCUT2D eigenvalue weighted by Crippen LogP contribution is 1.88. The first-order valence-corrected chi connectivity index (χ1v) is 2.71. The molecule has 0 aromatic rings. The molecule has 1 heterocycles. The molecule has 0 aromatic carbocycles. The van der Waals surface area contributed by atoms with Gasteiger partial charge in [-0.25, -0.2) is 0 Å². The van der Waals surface area contributed by atoms with Crippen molar-refractivity contribution in [2.24, 2.45) is 5.73 Å². The molecule has 3 nitrogen and oxygen atoms in total. The number of allylic oxidation sites excluding steroid dienone is 1. The zero-order valence-corrected chi connectivity index (χ0v) is 4.94. The van der Waals surface area contributed by atoms with E-state index in [4.69, 9.17) is 5.73 Å². The standard InChI is InChI=1S/C5H11N3/c1-4-2-8-5(6)3-7-4/h2,5,7-8H,3,6H2,1H3. The van der Waals surface area contributed by atoms with Gasteiger partial charge in [-0.3, -0.25) is 0 Å². The van der Waals surface area contributed by atoms with E-state index in [0.29, 0.717) is 0 Å². The minimum atomic E-state index is 0.0821. The highest BCUT2D eigenvalue weighted by molar-refractivity contribution is 4.99. The summed E-state index contributed by atoms with van der Waals surface area (Å²) < 4.78 is 0. The van der Waals surface area contributed by atoms with Crippen molar-refractivity contribution in [3.05, 3.63) is 11.9 Å². The van der Waals surface area contributed by atoms with Gasteiger partial charge in [0.05, 0.1) is 6.17 Å². The lowest BCUT2D eigenvalue weighted by molar-refractivity contribution is 0.537. The lowest BCUT2D eigenvalue weighted by Crippen LogP contribution is -2.46. The molecule has 4 N–H and O–H groups in total. The van der Waals surface area contributed by atoms with E-state index in [-0.39, 0.29) is 6.17 Å². The van der Waals surface area contributed by atoms with Crippen LogP contribution in [0.25, 0.3) is 0 Å². The highest BCUT2D eigenvalue weighted by Gasteiger charge is 2.02. The number of rotatable bonds is 0. The van der Waals surface area contributed by atoms with E-state index in [9.17, 15) is 0 Å². The molecule has 1 atom stereocenters. The first-order chi connectivity index (χ1) is 3.79. The number of nitrogens with two attached hydrogens (primary N) is 1. The molecule has 0 spiro atoms. The van der Waals surface area contributed by atoms with Crippen LogP contribution in [0.1, 0.15) is 6.92 Å². The molecule has 0 aliphatic carbocycles. The van der Waals surface area contributed by atoms with Gasteiger partial charge < -0.3 is 16.4 Å². The zero-order chi connectivity index (χ0) is 5.98. The Morgan fingerprint density at radius 3 is 3.00 bits per heavy atom. The molecule has 1 rings (SSSR count). The van der Waals surface area contributed by atoms with Crippen LogP contribution in [0.15, 0.2) is 11.9 Å². The Kier molecular flexibility index (Phi) is 1.39. The second kappa shape index (κ2) is 2.05. The molecule has 0 aromatic heterocycles. The molecule has 46 valence electrons. The average molecular weight is 113 g/mol. The Labute approximate surface area is 48.9 Å². The van der Waals surface area contributed by atoms with Crippen molar-refractivity contribution >= 4 is 0 Å². The van der Waals surface area contributed by atoms with E-state index in [1.165, 1.54) is 0 Å². The van der Waals surface area contributed by atoms with Crippen LogP contribution in [-0.4, -0.2) is 12.7 Å². The molecule has 1 unspecified atom stereocenters. The fourth-order valence-electron chi connectivity index (χ4n) is 0.613. The minimum Gasteiger partial charge on any atom is -0.384 e. The maximum absolute atomic E-state index is 5.48. The van der Waals surface area contributed by atoms with Gasteiger partial charge in [0.2, 0.25) is 0 Å². The number of hydrogen-bond acceptors (Lipinski definition) is 3. The summed E-state index contributed by atoms with van der Waals surface area (Å²) in [6, 6.07) is 0. The fraction of sp³-hybridized carbons (Fsp3) is 0.600. The maximum atomic E-state index is 5.48. The first kappa shape index (κ1) is 5.44. The Bertz CT molecular complexity index is 108. The molecule has 3 heteroatoms. The van der Waals surface area contributed by atoms with E-state index in [1.54, 1.807) is 0 Å². The largest absolute Gasteiger partial charge is 0.384 e. The van der Waals surface area contributed by atoms with Crippen LogP contribution in [0.4, 0.5) is 0 Å². The smallest absolute Gasteiger partial charge is 0.0916 e. The molecular weight excluding hydrogens is 102 g/mol. The molecule has 1 aliphatic rings. The van der Waals surface area contributed by atoms with Crippen molar-refractivity contribution in [3.63, 3.8) is 0 Å². The molecule has 0 saturated carbocycles. The normalized spacial score (nSPS) is 27.8. The third kappa shape index (κ3) is 1.13. The summed E-state index contributed by atoms with van der Waals surface area (Å²) in [7, 11) is 0. The Balaban J connectivity index is 2.42. The summed E-state index contributed by atoms with van der Waals surface area (Å²) in [5, 5.41) is 6.09. The SMILES string of the molecule is CC1=CNC(N)CN1. The molecule has 0 saturated heterocycles. The van der Waals surface area contributed by atoms with Crippen molar-refractivity contribution < 1.29 is 0 Å². The van der Waals surface area contributed by atoms with Gasteiger partial charge in [0.1, 0.15) is 0 Å². The maximum Gasteiger partial charge on any atom is 0.0916 e. The lowest BCUT2D eigenvalue weighted by atomic mass is 10.4. The predicted octanol–water partition coefficient (Wildman–Crippen LogP) is -0.675. The third-order valence-electron chi connectivity index (χ3n) is 1.11. The van der Waals surface area contributed by atoms with E-state index < -0.39 is 0 Å². The molecule has 8 heavy (non-hydrogen) atoms. The van der Waals surface area contributed by atoms with Gasteiger partial charge in [0.15, 0.2) is 0 Å². The third-order valence-corrected chi connectivity index (χ3v) is 1.11. The second-order valence-electron chi connectivity index (χ2n) is 1.98. The summed E-state index contributed by atoms with van der Waals surface area (Å²) in [4.78, 5) is 0. The Hall–Kier alpha value is -0.700. The van der Waals surface area contributed by atoms with Gasteiger partial charge in [-0.15, -0.1) is 0 Å². The fourth-order valence-corrected chi connectivity index (χ4v) is 0.613. The van der Waals surface area contributed by atoms with Gasteiger partial charge in [-0.2, -0.15) is 0 Å². The van der Waals surface area contributed by atoms with Crippen LogP contribution in [0.2, 0.25) is 0 Å². The summed E-state index contributed by atoms with van der Waals surface area (Å²) in [6.07, 6.45) is 1.97. The van der Waals surface area contributed by atoms with Crippen LogP contribution in [0.3, 0.4) is 0 Å². The van der Waals surface area contributed by atoms with Gasteiger partial charge in [-0.1, -0.05) is 0 Å². The monoisotopic (exact) mass is 113 g/mol. The summed E-state index contributed by atoms with van der Waals surface area (Å²) in [5.74, 6) is 0. The van der Waals surface area contributed by atoms with Crippen molar-refractivity contribution in [2.45, 2.75) is 13.1 Å². The van der Waals surface area contributed by atoms with Gasteiger partial charge >= 0.3 is 0 Å². The van der Waals surface area contributed by atoms with E-state index in [2.05, 4.69) is 10.6 Å². The molecule has 0 fully saturated rings. The van der Waals surface area contributed by atoms with Crippen molar-refractivity contribution in [1.29, 1.82) is 0 Å². The molecular formula is C5H11N3. The molecule has 0 radical (unpaired) electrons. The lowest BCUT2D eigenvalue weighted by Gasteiger charge is -2.19. The van der Waals surface area contributed by atoms with Crippen LogP contribution < -0.4 is 16.4 Å². The first-order valence-electron chi connectivity index (χ1n) is 2.71. The Morgan fingerprint density at radius 2 is 2.62 bits per heavy atom. The van der Waals surface area contributed by atoms with Crippen LogP contribution in [-0.2, 0) is 0 Å². The highest BCUT2D eigenvalue weighted by atomic mass is 15.1. The van der Waals surface area contributed by atoms with Crippen LogP contribution >= 0.6 is 0 Å². The zero-order valence-electron chi connectivity index (χ0n) is 4.94. The molecule has 1 aliphatic heterocycles. The van der Waals surface area contributed by atoms with Crippen molar-refractivity contribution in [3.8, 4) is 0 Å². The second-order valence-corrected chi connectivity index (χ2v) is 1.98. The predicted molar refractivity (Wildman–Crippen MR) is 32.9 cm³/mol. The summed E-state index contributed by atoms with van der Waals surface area (Å²) in [6.45, 7) is 2.82. The van der Waals surface area contributed by atoms with E-state index >= 15 is 0 Å². The van der Waals surface area contributed by atoms with Crippen molar-refractivity contribution in [2.75, 3.05) is 6.54 Å². The van der Waals surface area contributed by atoms with Crippen molar-refractivity contribution in [1.82, 2.24) is 10.6 Å². The molecule has 0 bridgehead atoms. The van der Waals surface area contributed by atoms with E-state index in [1.807, 2.05) is 13.1 Å². The van der Waals surface area contributed by atoms with Gasteiger partial charge in [0.25, 0.3) is 0 Å². The van der Waals surface area contributed by atoms with Crippen LogP contribution in [0.5, 0.6) is 0 Å². The Morgan fingerprint density at radius 1 is 1.88 bits per heavy atom. The molecule has 0 amide bonds. The summed E-state index contributed by atoms with van der Waals surface area (Å²) >= 11 is 0. The average Bonchev–Trinajstić information content (AvgIpc) is 1.77. The van der Waals surface area contributed by atoms with Crippen LogP contribution in [0, 0.1) is 0 Å². The summed E-state index contributed by atoms with van der Waals surface area (Å²) in [5.41, 5.74) is 6.62. The van der Waals surface area contributed by atoms with E-state index in [0.717, 1.165) is 12.2 Å².